The van der Waals surface area contributed by atoms with Crippen molar-refractivity contribution in [3.63, 3.8) is 0 Å². The Morgan fingerprint density at radius 2 is 1.00 bits per heavy atom. The van der Waals surface area contributed by atoms with Gasteiger partial charge in [-0.15, -0.1) is 0 Å². The fourth-order valence-electron chi connectivity index (χ4n) is 5.26. The van der Waals surface area contributed by atoms with Crippen molar-refractivity contribution in [1.82, 2.24) is 0 Å². The number of nitrogens with zero attached hydrogens (tertiary/aromatic N) is 1. The first-order valence-electron chi connectivity index (χ1n) is 21.6. The number of phosphoric ester groups is 1. The van der Waals surface area contributed by atoms with Crippen molar-refractivity contribution in [2.24, 2.45) is 0 Å². The van der Waals surface area contributed by atoms with Gasteiger partial charge in [-0.3, -0.25) is 14.2 Å². The highest BCUT2D eigenvalue weighted by atomic mass is 31.2. The number of rotatable bonds is 38. The molecule has 0 aliphatic rings. The topological polar surface area (TPSA) is 111 Å². The van der Waals surface area contributed by atoms with Gasteiger partial charge in [-0.1, -0.05) is 132 Å². The van der Waals surface area contributed by atoms with Crippen molar-refractivity contribution in [3.05, 3.63) is 72.9 Å². The molecule has 0 amide bonds. The van der Waals surface area contributed by atoms with E-state index in [1.54, 1.807) is 0 Å². The van der Waals surface area contributed by atoms with Crippen LogP contribution < -0.4 is 4.89 Å². The average Bonchev–Trinajstić information content (AvgIpc) is 3.15. The van der Waals surface area contributed by atoms with Gasteiger partial charge in [0.05, 0.1) is 27.7 Å². The molecule has 1 unspecified atom stereocenters. The van der Waals surface area contributed by atoms with Crippen molar-refractivity contribution in [1.29, 1.82) is 0 Å². The fourth-order valence-corrected chi connectivity index (χ4v) is 5.99. The third-order valence-electron chi connectivity index (χ3n) is 8.68. The highest BCUT2D eigenvalue weighted by molar-refractivity contribution is 7.45. The molecule has 0 saturated carbocycles. The molecule has 0 radical (unpaired) electrons. The van der Waals surface area contributed by atoms with E-state index in [0.717, 1.165) is 83.5 Å². The summed E-state index contributed by atoms with van der Waals surface area (Å²) in [5.74, 6) is -0.894. The summed E-state index contributed by atoms with van der Waals surface area (Å²) in [4.78, 5) is 37.5. The highest BCUT2D eigenvalue weighted by Gasteiger charge is 2.21. The van der Waals surface area contributed by atoms with Crippen LogP contribution in [0.5, 0.6) is 0 Å². The quantitative estimate of drug-likeness (QED) is 0.0199. The van der Waals surface area contributed by atoms with Crippen LogP contribution in [0.15, 0.2) is 72.9 Å². The Balaban J connectivity index is 4.48. The number of hydrogen-bond donors (Lipinski definition) is 0. The van der Waals surface area contributed by atoms with E-state index in [1.165, 1.54) is 32.1 Å². The third-order valence-corrected chi connectivity index (χ3v) is 9.64. The van der Waals surface area contributed by atoms with Crippen molar-refractivity contribution in [2.75, 3.05) is 47.5 Å². The highest BCUT2D eigenvalue weighted by Crippen LogP contribution is 2.38. The predicted molar refractivity (Wildman–Crippen MR) is 231 cm³/mol. The Morgan fingerprint density at radius 1 is 0.554 bits per heavy atom. The first-order valence-corrected chi connectivity index (χ1v) is 23.1. The van der Waals surface area contributed by atoms with Gasteiger partial charge in [-0.05, 0) is 83.5 Å². The summed E-state index contributed by atoms with van der Waals surface area (Å²) in [6.07, 6.45) is 46.4. The number of carbonyl (C=O) groups excluding carboxylic acids is 2. The van der Waals surface area contributed by atoms with Gasteiger partial charge in [0.2, 0.25) is 0 Å². The number of hydrogen-bond acceptors (Lipinski definition) is 8. The number of quaternary nitrogens is 1. The summed E-state index contributed by atoms with van der Waals surface area (Å²) < 4.78 is 33.8. The lowest BCUT2D eigenvalue weighted by Crippen LogP contribution is -2.37. The van der Waals surface area contributed by atoms with E-state index in [9.17, 15) is 19.0 Å². The van der Waals surface area contributed by atoms with Crippen LogP contribution in [0.3, 0.4) is 0 Å². The summed E-state index contributed by atoms with van der Waals surface area (Å²) in [5, 5.41) is 0. The van der Waals surface area contributed by atoms with Crippen LogP contribution in [0.1, 0.15) is 155 Å². The molecule has 0 heterocycles. The van der Waals surface area contributed by atoms with Crippen molar-refractivity contribution in [3.8, 4) is 0 Å². The summed E-state index contributed by atoms with van der Waals surface area (Å²) in [6.45, 7) is 4.05. The molecule has 322 valence electrons. The number of allylic oxidation sites excluding steroid dienone is 12. The molecule has 0 aromatic heterocycles. The van der Waals surface area contributed by atoms with Gasteiger partial charge >= 0.3 is 11.9 Å². The van der Waals surface area contributed by atoms with Gasteiger partial charge in [0.15, 0.2) is 6.10 Å². The van der Waals surface area contributed by atoms with E-state index in [0.29, 0.717) is 23.9 Å². The largest absolute Gasteiger partial charge is 0.756 e. The second-order valence-electron chi connectivity index (χ2n) is 15.3. The molecule has 0 aliphatic carbocycles. The molecule has 10 heteroatoms. The molecule has 0 saturated heterocycles. The number of carbonyl (C=O) groups is 2. The van der Waals surface area contributed by atoms with Crippen LogP contribution in [0.2, 0.25) is 0 Å². The third kappa shape index (κ3) is 41.1. The molecule has 0 rings (SSSR count). The molecule has 0 fully saturated rings. The molecule has 2 atom stereocenters. The number of esters is 2. The molecule has 0 aromatic rings. The first kappa shape index (κ1) is 53.5. The molecular formula is C46H80NO8P. The van der Waals surface area contributed by atoms with Gasteiger partial charge < -0.3 is 27.9 Å². The summed E-state index contributed by atoms with van der Waals surface area (Å²) in [6, 6.07) is 0. The molecular weight excluding hydrogens is 725 g/mol. The van der Waals surface area contributed by atoms with Crippen LogP contribution in [0.4, 0.5) is 0 Å². The fraction of sp³-hybridized carbons (Fsp3) is 0.696. The normalized spacial score (nSPS) is 14.3. The van der Waals surface area contributed by atoms with Gasteiger partial charge in [-0.2, -0.15) is 0 Å². The van der Waals surface area contributed by atoms with Gasteiger partial charge in [-0.25, -0.2) is 0 Å². The molecule has 0 bridgehead atoms. The van der Waals surface area contributed by atoms with E-state index < -0.39 is 32.5 Å². The van der Waals surface area contributed by atoms with Crippen LogP contribution in [-0.2, 0) is 32.7 Å². The van der Waals surface area contributed by atoms with Crippen LogP contribution >= 0.6 is 7.82 Å². The number of unbranched alkanes of at least 4 members (excludes halogenated alkanes) is 12. The van der Waals surface area contributed by atoms with Crippen molar-refractivity contribution in [2.45, 2.75) is 161 Å². The van der Waals surface area contributed by atoms with Gasteiger partial charge in [0.1, 0.15) is 19.8 Å². The summed E-state index contributed by atoms with van der Waals surface area (Å²) >= 11 is 0. The van der Waals surface area contributed by atoms with Crippen LogP contribution in [0.25, 0.3) is 0 Å². The average molecular weight is 806 g/mol. The Kier molecular flexibility index (Phi) is 36.3. The maximum absolute atomic E-state index is 12.7. The Hall–Kier alpha value is -2.55. The SMILES string of the molecule is CCC/C=C/C/C=C/C/C=C/C/C=C/CCCCCC(=O)O[C@H](COC(=O)CCCCCCC/C=C/C/C=C/CCCCC)COP(=O)([O-])OCC[N+](C)(C)C. The maximum atomic E-state index is 12.7. The zero-order valence-corrected chi connectivity index (χ0v) is 36.9. The van der Waals surface area contributed by atoms with E-state index in [1.807, 2.05) is 21.1 Å². The summed E-state index contributed by atoms with van der Waals surface area (Å²) in [7, 11) is 1.12. The minimum absolute atomic E-state index is 0.0434. The second-order valence-corrected chi connectivity index (χ2v) is 16.8. The van der Waals surface area contributed by atoms with Crippen LogP contribution in [-0.4, -0.2) is 70.0 Å². The minimum Gasteiger partial charge on any atom is -0.756 e. The van der Waals surface area contributed by atoms with Crippen LogP contribution in [0, 0.1) is 0 Å². The summed E-state index contributed by atoms with van der Waals surface area (Å²) in [5.41, 5.74) is 0. The van der Waals surface area contributed by atoms with E-state index >= 15 is 0 Å². The molecule has 56 heavy (non-hydrogen) atoms. The Morgan fingerprint density at radius 3 is 1.52 bits per heavy atom. The maximum Gasteiger partial charge on any atom is 0.306 e. The second kappa shape index (κ2) is 38.0. The standard InChI is InChI=1S/C46H80NO8P/c1-6-8-10-12-14-16-18-20-22-23-25-27-29-31-33-35-37-39-46(49)55-44(43-54-56(50,51)53-41-40-47(3,4)5)42-52-45(48)38-36-34-32-30-28-26-24-21-19-17-15-13-11-9-7-2/h10,12,15-18,21-24,27,29,44H,6-9,11,13-14,19-20,25-26,28,30-43H2,1-5H3/b12-10+,17-15+,18-16+,23-22+,24-21+,29-27+/t44-/m1/s1. The van der Waals surface area contributed by atoms with E-state index in [4.69, 9.17) is 18.5 Å². The zero-order chi connectivity index (χ0) is 41.4. The lowest BCUT2D eigenvalue weighted by molar-refractivity contribution is -0.870. The molecule has 0 N–H and O–H groups in total. The molecule has 0 aromatic carbocycles. The molecule has 0 spiro atoms. The number of phosphoric acid groups is 1. The van der Waals surface area contributed by atoms with Crippen molar-refractivity contribution < 1.29 is 42.1 Å². The van der Waals surface area contributed by atoms with E-state index in [2.05, 4.69) is 86.8 Å². The Labute approximate surface area is 342 Å². The monoisotopic (exact) mass is 806 g/mol. The predicted octanol–water partition coefficient (Wildman–Crippen LogP) is 11.6. The smallest absolute Gasteiger partial charge is 0.306 e. The van der Waals surface area contributed by atoms with Crippen molar-refractivity contribution >= 4 is 19.8 Å². The lowest BCUT2D eigenvalue weighted by Gasteiger charge is -2.28. The molecule has 0 aliphatic heterocycles. The van der Waals surface area contributed by atoms with Gasteiger partial charge in [0.25, 0.3) is 7.82 Å². The van der Waals surface area contributed by atoms with Gasteiger partial charge in [0, 0.05) is 12.8 Å². The Bertz CT molecular complexity index is 1180. The van der Waals surface area contributed by atoms with E-state index in [-0.39, 0.29) is 26.1 Å². The molecule has 9 nitrogen and oxygen atoms in total. The minimum atomic E-state index is -4.64. The number of likely N-dealkylation sites (N-methyl/N-ethyl adjacent to an activating group) is 1. The first-order chi connectivity index (χ1) is 27.0. The zero-order valence-electron chi connectivity index (χ0n) is 36.1. The number of ether oxygens (including phenoxy) is 2. The lowest BCUT2D eigenvalue weighted by atomic mass is 10.1.